The summed E-state index contributed by atoms with van der Waals surface area (Å²) in [4.78, 5) is 7.38. The van der Waals surface area contributed by atoms with E-state index < -0.39 is 0 Å². The molecular formula is C7H9N3. The highest BCUT2D eigenvalue weighted by Gasteiger charge is 1.88. The van der Waals surface area contributed by atoms with Crippen molar-refractivity contribution in [3.05, 3.63) is 11.9 Å². The van der Waals surface area contributed by atoms with E-state index >= 15 is 0 Å². The maximum Gasteiger partial charge on any atom is 0.0790 e. The van der Waals surface area contributed by atoms with Gasteiger partial charge in [-0.25, -0.2) is 0 Å². The van der Waals surface area contributed by atoms with Gasteiger partial charge >= 0.3 is 0 Å². The molecule has 3 nitrogen and oxygen atoms in total. The second-order valence-corrected chi connectivity index (χ2v) is 1.53. The molecule has 0 saturated carbocycles. The zero-order chi connectivity index (χ0) is 7.82. The van der Waals surface area contributed by atoms with Crippen LogP contribution in [0.1, 0.15) is 13.3 Å². The van der Waals surface area contributed by atoms with Crippen LogP contribution >= 0.6 is 0 Å². The third kappa shape index (κ3) is 3.56. The Morgan fingerprint density at radius 1 is 1.80 bits per heavy atom. The molecule has 0 spiro atoms. The molecule has 3 heteroatoms. The molecule has 0 fully saturated rings. The number of nitriles is 1. The van der Waals surface area contributed by atoms with E-state index in [0.717, 1.165) is 0 Å². The van der Waals surface area contributed by atoms with Crippen LogP contribution in [0.3, 0.4) is 0 Å². The van der Waals surface area contributed by atoms with Gasteiger partial charge in [-0.05, 0) is 13.6 Å². The highest BCUT2D eigenvalue weighted by molar-refractivity contribution is 5.55. The van der Waals surface area contributed by atoms with E-state index in [2.05, 4.69) is 16.7 Å². The zero-order valence-electron chi connectivity index (χ0n) is 5.91. The van der Waals surface area contributed by atoms with Gasteiger partial charge < -0.3 is 0 Å². The van der Waals surface area contributed by atoms with Gasteiger partial charge in [0.2, 0.25) is 0 Å². The van der Waals surface area contributed by atoms with Gasteiger partial charge in [0.05, 0.1) is 18.2 Å². The van der Waals surface area contributed by atoms with Crippen LogP contribution in [0.15, 0.2) is 21.9 Å². The van der Waals surface area contributed by atoms with Crippen LogP contribution in [0.2, 0.25) is 0 Å². The molecule has 0 aliphatic carbocycles. The van der Waals surface area contributed by atoms with Gasteiger partial charge in [0, 0.05) is 12.4 Å². The summed E-state index contributed by atoms with van der Waals surface area (Å²) in [6, 6.07) is 1.97. The topological polar surface area (TPSA) is 48.5 Å². The highest BCUT2D eigenvalue weighted by atomic mass is 14.8. The number of allylic oxidation sites excluding steroid dienone is 1. The average molecular weight is 135 g/mol. The minimum Gasteiger partial charge on any atom is -0.271 e. The molecule has 0 aromatic rings. The maximum atomic E-state index is 8.26. The summed E-state index contributed by atoms with van der Waals surface area (Å²) in [5.74, 6) is 0. The average Bonchev–Trinajstić information content (AvgIpc) is 1.90. The van der Waals surface area contributed by atoms with Crippen molar-refractivity contribution in [2.45, 2.75) is 13.3 Å². The van der Waals surface area contributed by atoms with Crippen LogP contribution in [0.5, 0.6) is 0 Å². The van der Waals surface area contributed by atoms with Crippen molar-refractivity contribution < 1.29 is 0 Å². The summed E-state index contributed by atoms with van der Waals surface area (Å²) in [7, 11) is 0. The lowest BCUT2D eigenvalue weighted by atomic mass is 10.4. The number of hydrogen-bond acceptors (Lipinski definition) is 3. The molecule has 0 aromatic carbocycles. The predicted octanol–water partition coefficient (Wildman–Crippen LogP) is 1.53. The fraction of sp³-hybridized carbons (Fsp3) is 0.286. The number of hydrogen-bond donors (Lipinski definition) is 0. The van der Waals surface area contributed by atoms with Crippen LogP contribution in [-0.4, -0.2) is 12.9 Å². The first kappa shape index (κ1) is 8.57. The molecule has 0 radical (unpaired) electrons. The Balaban J connectivity index is 4.13. The van der Waals surface area contributed by atoms with E-state index in [1.165, 1.54) is 6.20 Å². The first-order valence-electron chi connectivity index (χ1n) is 2.85. The van der Waals surface area contributed by atoms with Gasteiger partial charge in [-0.3, -0.25) is 9.98 Å². The fourth-order valence-electron chi connectivity index (χ4n) is 0.477. The molecule has 0 aromatic heterocycles. The Kier molecular flexibility index (Phi) is 4.89. The third-order valence-corrected chi connectivity index (χ3v) is 0.795. The van der Waals surface area contributed by atoms with E-state index in [4.69, 9.17) is 5.26 Å². The largest absolute Gasteiger partial charge is 0.271 e. The number of aliphatic imine (C=N–C) groups is 2. The van der Waals surface area contributed by atoms with E-state index in [1.807, 2.05) is 6.07 Å². The zero-order valence-corrected chi connectivity index (χ0v) is 5.91. The quantitative estimate of drug-likeness (QED) is 0.541. The van der Waals surface area contributed by atoms with Gasteiger partial charge in [-0.1, -0.05) is 0 Å². The van der Waals surface area contributed by atoms with E-state index in [9.17, 15) is 0 Å². The lowest BCUT2D eigenvalue weighted by Gasteiger charge is -1.88. The predicted molar refractivity (Wildman–Crippen MR) is 42.0 cm³/mol. The molecule has 0 rings (SSSR count). The first-order valence-corrected chi connectivity index (χ1v) is 2.85. The molecule has 0 atom stereocenters. The van der Waals surface area contributed by atoms with Crippen LogP contribution in [-0.2, 0) is 0 Å². The fourth-order valence-corrected chi connectivity index (χ4v) is 0.477. The number of rotatable bonds is 3. The minimum atomic E-state index is 0.281. The van der Waals surface area contributed by atoms with E-state index in [-0.39, 0.29) is 6.42 Å². The molecule has 0 amide bonds. The van der Waals surface area contributed by atoms with Crippen molar-refractivity contribution in [3.8, 4) is 6.07 Å². The number of nitrogens with zero attached hydrogens (tertiary/aromatic N) is 3. The monoisotopic (exact) mass is 135 g/mol. The maximum absolute atomic E-state index is 8.26. The standard InChI is InChI=1S/C7H9N3/c1-3-10-7(4-5-8)6-9-2/h3,6H,2,4H2,1H3/b7-6-,10-3-. The molecule has 0 aliphatic heterocycles. The van der Waals surface area contributed by atoms with Crippen LogP contribution < -0.4 is 0 Å². The minimum absolute atomic E-state index is 0.281. The summed E-state index contributed by atoms with van der Waals surface area (Å²) >= 11 is 0. The Bertz CT molecular complexity index is 195. The summed E-state index contributed by atoms with van der Waals surface area (Å²) in [5.41, 5.74) is 0.639. The lowest BCUT2D eigenvalue weighted by Crippen LogP contribution is -1.75. The molecule has 0 unspecified atom stereocenters. The van der Waals surface area contributed by atoms with Crippen LogP contribution in [0.4, 0.5) is 0 Å². The van der Waals surface area contributed by atoms with Crippen molar-refractivity contribution in [2.75, 3.05) is 0 Å². The Morgan fingerprint density at radius 3 is 2.90 bits per heavy atom. The van der Waals surface area contributed by atoms with Gasteiger partial charge in [0.15, 0.2) is 0 Å². The second-order valence-electron chi connectivity index (χ2n) is 1.53. The third-order valence-electron chi connectivity index (χ3n) is 0.795. The van der Waals surface area contributed by atoms with Crippen molar-refractivity contribution in [2.24, 2.45) is 9.98 Å². The van der Waals surface area contributed by atoms with Crippen LogP contribution in [0, 0.1) is 11.3 Å². The van der Waals surface area contributed by atoms with Crippen LogP contribution in [0.25, 0.3) is 0 Å². The summed E-state index contributed by atoms with van der Waals surface area (Å²) in [5, 5.41) is 8.26. The molecular weight excluding hydrogens is 126 g/mol. The van der Waals surface area contributed by atoms with Crippen molar-refractivity contribution in [1.29, 1.82) is 5.26 Å². The second kappa shape index (κ2) is 5.70. The normalized spacial score (nSPS) is 11.4. The molecule has 0 heterocycles. The SMILES string of the molecule is C=N/C=C(CC#N)\N=C/C. The van der Waals surface area contributed by atoms with Gasteiger partial charge in [0.25, 0.3) is 0 Å². The van der Waals surface area contributed by atoms with E-state index in [1.54, 1.807) is 13.1 Å². The molecule has 0 N–H and O–H groups in total. The molecule has 52 valence electrons. The van der Waals surface area contributed by atoms with Gasteiger partial charge in [-0.2, -0.15) is 5.26 Å². The Labute approximate surface area is 60.4 Å². The summed E-state index contributed by atoms with van der Waals surface area (Å²) in [6.45, 7) is 5.04. The smallest absolute Gasteiger partial charge is 0.0790 e. The highest BCUT2D eigenvalue weighted by Crippen LogP contribution is 2.00. The lowest BCUT2D eigenvalue weighted by molar-refractivity contribution is 1.15. The van der Waals surface area contributed by atoms with Gasteiger partial charge in [0.1, 0.15) is 0 Å². The first-order chi connectivity index (χ1) is 4.85. The van der Waals surface area contributed by atoms with Crippen molar-refractivity contribution in [3.63, 3.8) is 0 Å². The van der Waals surface area contributed by atoms with Crippen molar-refractivity contribution in [1.82, 2.24) is 0 Å². The van der Waals surface area contributed by atoms with Crippen molar-refractivity contribution >= 4 is 12.9 Å². The molecule has 0 saturated heterocycles. The van der Waals surface area contributed by atoms with E-state index in [0.29, 0.717) is 5.70 Å². The molecule has 0 aliphatic rings. The Hall–Kier alpha value is -1.43. The summed E-state index contributed by atoms with van der Waals surface area (Å²) in [6.07, 6.45) is 3.38. The Morgan fingerprint density at radius 2 is 2.50 bits per heavy atom. The van der Waals surface area contributed by atoms with Gasteiger partial charge in [-0.15, -0.1) is 0 Å². The molecule has 0 bridgehead atoms. The molecule has 10 heavy (non-hydrogen) atoms. The summed E-state index contributed by atoms with van der Waals surface area (Å²) < 4.78 is 0.